The number of ether oxygens (including phenoxy) is 1. The lowest BCUT2D eigenvalue weighted by molar-refractivity contribution is -0.271. The van der Waals surface area contributed by atoms with Crippen LogP contribution in [0.3, 0.4) is 0 Å². The number of carbonyl (C=O) groups excluding carboxylic acids is 1. The van der Waals surface area contributed by atoms with Gasteiger partial charge in [-0.3, -0.25) is 4.99 Å². The van der Waals surface area contributed by atoms with Crippen LogP contribution in [0.2, 0.25) is 0 Å². The molecule has 0 aromatic heterocycles. The summed E-state index contributed by atoms with van der Waals surface area (Å²) >= 11 is 1.21. The van der Waals surface area contributed by atoms with Crippen LogP contribution < -0.4 is 10.0 Å². The number of amides is 1. The molecule has 10 nitrogen and oxygen atoms in total. The summed E-state index contributed by atoms with van der Waals surface area (Å²) in [5, 5.41) is 36.0. The van der Waals surface area contributed by atoms with Gasteiger partial charge in [-0.1, -0.05) is 11.8 Å². The predicted octanol–water partition coefficient (Wildman–Crippen LogP) is -0.670. The van der Waals surface area contributed by atoms with E-state index in [0.29, 0.717) is 5.04 Å². The van der Waals surface area contributed by atoms with Gasteiger partial charge in [0.2, 0.25) is 4.91 Å². The summed E-state index contributed by atoms with van der Waals surface area (Å²) in [4.78, 5) is 20.0. The molecule has 3 N–H and O–H groups in total. The van der Waals surface area contributed by atoms with Crippen LogP contribution in [0.5, 0.6) is 0 Å². The molecule has 2 heterocycles. The van der Waals surface area contributed by atoms with Gasteiger partial charge in [-0.25, -0.2) is 0 Å². The molecule has 25 heavy (non-hydrogen) atoms. The number of nitrogens with one attached hydrogen (secondary N) is 1. The number of thioether (sulfide) groups is 1. The first-order chi connectivity index (χ1) is 11.6. The summed E-state index contributed by atoms with van der Waals surface area (Å²) in [5.74, 6) is 0. The van der Waals surface area contributed by atoms with Crippen molar-refractivity contribution in [3.8, 4) is 0 Å². The van der Waals surface area contributed by atoms with Crippen molar-refractivity contribution in [2.75, 3.05) is 6.54 Å². The minimum atomic E-state index is -1.31. The van der Waals surface area contributed by atoms with E-state index in [2.05, 4.69) is 15.0 Å². The maximum atomic E-state index is 11.5. The summed E-state index contributed by atoms with van der Waals surface area (Å²) < 4.78 is 5.72. The lowest BCUT2D eigenvalue weighted by Gasteiger charge is -2.42. The van der Waals surface area contributed by atoms with Crippen LogP contribution >= 0.6 is 11.8 Å². The van der Waals surface area contributed by atoms with Gasteiger partial charge in [0.1, 0.15) is 46.5 Å². The third-order valence-corrected chi connectivity index (χ3v) is 5.49. The van der Waals surface area contributed by atoms with Gasteiger partial charge in [-0.05, 0) is 27.7 Å². The minimum absolute atomic E-state index is 0.0520. The quantitative estimate of drug-likeness (QED) is 0.438. The van der Waals surface area contributed by atoms with E-state index in [1.54, 1.807) is 27.7 Å². The third-order valence-electron chi connectivity index (χ3n) is 4.18. The number of aliphatic hydroxyl groups is 2. The highest BCUT2D eigenvalue weighted by atomic mass is 32.2. The Hall–Kier alpha value is -1.52. The molecule has 2 aliphatic rings. The molecule has 11 heteroatoms. The first kappa shape index (κ1) is 19.8. The Bertz CT molecular complexity index is 603. The Morgan fingerprint density at radius 2 is 2.16 bits per heavy atom. The van der Waals surface area contributed by atoms with E-state index in [-0.39, 0.29) is 6.54 Å². The number of fused-ring (bicyclic) bond motifs is 1. The zero-order chi connectivity index (χ0) is 18.9. The van der Waals surface area contributed by atoms with Gasteiger partial charge in [-0.2, -0.15) is 0 Å². The molecule has 0 aliphatic carbocycles. The van der Waals surface area contributed by atoms with Crippen LogP contribution in [0.25, 0.3) is 0 Å². The molecule has 0 bridgehead atoms. The second kappa shape index (κ2) is 7.38. The molecule has 2 unspecified atom stereocenters. The number of carboxylic acid groups (broad SMARTS) is 1. The fraction of sp³-hybridized carbons (Fsp3) is 0.857. The van der Waals surface area contributed by atoms with Gasteiger partial charge in [0.15, 0.2) is 6.54 Å². The molecule has 1 saturated heterocycles. The van der Waals surface area contributed by atoms with E-state index < -0.39 is 47.5 Å². The van der Waals surface area contributed by atoms with E-state index in [0.717, 1.165) is 0 Å². The smallest absolute Gasteiger partial charge is 0.214 e. The average molecular weight is 373 g/mol. The Balaban J connectivity index is 2.20. The monoisotopic (exact) mass is 373 g/mol. The molecular formula is C14H23N5O5S. The van der Waals surface area contributed by atoms with Crippen molar-refractivity contribution >= 4 is 22.9 Å². The van der Waals surface area contributed by atoms with Crippen molar-refractivity contribution in [2.45, 2.75) is 69.1 Å². The van der Waals surface area contributed by atoms with Crippen LogP contribution in [-0.2, 0) is 4.74 Å². The third kappa shape index (κ3) is 4.01. The average Bonchev–Trinajstić information content (AvgIpc) is 2.92. The Morgan fingerprint density at radius 3 is 2.68 bits per heavy atom. The maximum Gasteiger partial charge on any atom is 0.214 e. The van der Waals surface area contributed by atoms with Crippen LogP contribution in [0.4, 0.5) is 4.79 Å². The second-order valence-electron chi connectivity index (χ2n) is 7.01. The number of hydrogen-bond acceptors (Lipinski definition) is 9. The molecule has 0 saturated carbocycles. The standard InChI is InChI=1S/C14H23N5O5S/c1-6(19(13(22)23)14(2,3)4)11-17-8-10(21)9(20)7(5-16-18-15)24-12(8)25-11/h6-10,12,15,20-21H,5H2,1-4H3/t6?,7?,8-,9+,10+,12+/m0/s1. The van der Waals surface area contributed by atoms with E-state index in [1.807, 2.05) is 0 Å². The minimum Gasteiger partial charge on any atom is -0.530 e. The zero-order valence-corrected chi connectivity index (χ0v) is 15.3. The summed E-state index contributed by atoms with van der Waals surface area (Å²) in [6.45, 7) is 6.90. The first-order valence-electron chi connectivity index (χ1n) is 7.87. The number of aliphatic imine (C=N–C) groups is 1. The topological polar surface area (TPSA) is 156 Å². The molecule has 0 radical (unpaired) electrons. The Morgan fingerprint density at radius 1 is 1.52 bits per heavy atom. The van der Waals surface area contributed by atoms with Crippen LogP contribution in [0, 0.1) is 5.53 Å². The fourth-order valence-electron chi connectivity index (χ4n) is 3.05. The number of nitrogens with zero attached hydrogens (tertiary/aromatic N) is 4. The van der Waals surface area contributed by atoms with Crippen LogP contribution in [0.1, 0.15) is 27.7 Å². The Kier molecular flexibility index (Phi) is 5.85. The van der Waals surface area contributed by atoms with Crippen molar-refractivity contribution in [1.29, 1.82) is 5.53 Å². The molecule has 140 valence electrons. The first-order valence-corrected chi connectivity index (χ1v) is 8.75. The molecule has 1 fully saturated rings. The highest BCUT2D eigenvalue weighted by Crippen LogP contribution is 2.38. The van der Waals surface area contributed by atoms with Crippen LogP contribution in [-0.4, -0.2) is 74.2 Å². The number of aliphatic hydroxyl groups excluding tert-OH is 2. The summed E-state index contributed by atoms with van der Waals surface area (Å²) in [5.41, 5.74) is 5.43. The van der Waals surface area contributed by atoms with Crippen molar-refractivity contribution in [1.82, 2.24) is 9.81 Å². The van der Waals surface area contributed by atoms with Crippen molar-refractivity contribution < 1.29 is 24.9 Å². The fourth-order valence-corrected chi connectivity index (χ4v) is 4.33. The lowest BCUT2D eigenvalue weighted by atomic mass is 9.98. The zero-order valence-electron chi connectivity index (χ0n) is 14.5. The van der Waals surface area contributed by atoms with Gasteiger partial charge in [0, 0.05) is 5.54 Å². The van der Waals surface area contributed by atoms with Crippen LogP contribution in [0.15, 0.2) is 10.1 Å². The number of hydrogen-bond donors (Lipinski definition) is 3. The molecule has 2 aliphatic heterocycles. The largest absolute Gasteiger partial charge is 0.530 e. The second-order valence-corrected chi connectivity index (χ2v) is 8.13. The lowest BCUT2D eigenvalue weighted by Crippen LogP contribution is -2.57. The van der Waals surface area contributed by atoms with Gasteiger partial charge in [0.25, 0.3) is 0 Å². The normalized spacial score (nSPS) is 33.0. The highest BCUT2D eigenvalue weighted by molar-refractivity contribution is 8.14. The Labute approximate surface area is 149 Å². The van der Waals surface area contributed by atoms with Gasteiger partial charge in [-0.15, -0.1) is 0 Å². The molecule has 2 rings (SSSR count). The molecular weight excluding hydrogens is 350 g/mol. The molecule has 0 aromatic rings. The van der Waals surface area contributed by atoms with Gasteiger partial charge >= 0.3 is 0 Å². The number of carbonyl (C=O) groups is 1. The van der Waals surface area contributed by atoms with E-state index in [1.165, 1.54) is 16.7 Å². The summed E-state index contributed by atoms with van der Waals surface area (Å²) in [6, 6.07) is -1.29. The van der Waals surface area contributed by atoms with Crippen molar-refractivity contribution in [2.24, 2.45) is 10.1 Å². The molecule has 6 atom stereocenters. The van der Waals surface area contributed by atoms with Gasteiger partial charge in [0.05, 0.1) is 11.1 Å². The maximum absolute atomic E-state index is 11.5. The molecule has 0 aromatic carbocycles. The summed E-state index contributed by atoms with van der Waals surface area (Å²) in [7, 11) is 0. The van der Waals surface area contributed by atoms with Crippen molar-refractivity contribution in [3.05, 3.63) is 0 Å². The molecule has 1 amide bonds. The predicted molar refractivity (Wildman–Crippen MR) is 88.1 cm³/mol. The summed E-state index contributed by atoms with van der Waals surface area (Å²) in [6.07, 6.45) is -4.51. The highest BCUT2D eigenvalue weighted by Gasteiger charge is 2.49. The van der Waals surface area contributed by atoms with E-state index >= 15 is 0 Å². The number of rotatable bonds is 4. The molecule has 0 spiro atoms. The van der Waals surface area contributed by atoms with E-state index in [9.17, 15) is 20.1 Å². The van der Waals surface area contributed by atoms with Gasteiger partial charge < -0.3 is 29.8 Å². The SMILES string of the molecule is CC(C1=N[C@H]2[C@@H](O)[C@H](O)C(CN=[N+]=N)O[C@@H]2S1)N(C(=O)[O-])C(C)(C)C. The van der Waals surface area contributed by atoms with Crippen molar-refractivity contribution in [3.63, 3.8) is 0 Å². The van der Waals surface area contributed by atoms with E-state index in [4.69, 9.17) is 10.3 Å².